The van der Waals surface area contributed by atoms with Gasteiger partial charge in [-0.3, -0.25) is 0 Å². The molecule has 0 unspecified atom stereocenters. The SMILES string of the molecule is CC1(C)CCCCC(B2OC(C)(C)C(C)(C)O2)CCCC1. The lowest BCUT2D eigenvalue weighted by molar-refractivity contribution is 0.00578. The highest BCUT2D eigenvalue weighted by Gasteiger charge is 2.53. The maximum absolute atomic E-state index is 6.29. The van der Waals surface area contributed by atoms with Crippen molar-refractivity contribution < 1.29 is 9.31 Å². The van der Waals surface area contributed by atoms with Crippen LogP contribution in [0.15, 0.2) is 0 Å². The summed E-state index contributed by atoms with van der Waals surface area (Å²) in [5.41, 5.74) is 0.168. The molecule has 3 heteroatoms. The molecule has 0 aromatic carbocycles. The number of hydrogen-bond donors (Lipinski definition) is 0. The minimum atomic E-state index is -0.186. The molecule has 21 heavy (non-hydrogen) atoms. The van der Waals surface area contributed by atoms with Crippen LogP contribution < -0.4 is 0 Å². The number of rotatable bonds is 1. The molecule has 0 aromatic rings. The fraction of sp³-hybridized carbons (Fsp3) is 1.00. The van der Waals surface area contributed by atoms with Crippen LogP contribution in [0.2, 0.25) is 5.82 Å². The lowest BCUT2D eigenvalue weighted by atomic mass is 9.65. The lowest BCUT2D eigenvalue weighted by Crippen LogP contribution is -2.41. The molecule has 2 nitrogen and oxygen atoms in total. The fourth-order valence-corrected chi connectivity index (χ4v) is 3.64. The van der Waals surface area contributed by atoms with Crippen LogP contribution in [0.4, 0.5) is 0 Å². The molecule has 122 valence electrons. The van der Waals surface area contributed by atoms with Gasteiger partial charge >= 0.3 is 7.12 Å². The standard InChI is InChI=1S/C18H35BO2/c1-16(2)13-9-7-11-15(12-8-10-14-16)19-20-17(3,4)18(5,6)21-19/h15H,7-14H2,1-6H3. The van der Waals surface area contributed by atoms with Crippen molar-refractivity contribution in [2.45, 2.75) is 110 Å². The second kappa shape index (κ2) is 6.24. The predicted molar refractivity (Wildman–Crippen MR) is 90.5 cm³/mol. The predicted octanol–water partition coefficient (Wildman–Crippen LogP) is 5.61. The Morgan fingerprint density at radius 3 is 1.57 bits per heavy atom. The normalized spacial score (nSPS) is 30.3. The highest BCUT2D eigenvalue weighted by Crippen LogP contribution is 2.43. The van der Waals surface area contributed by atoms with Gasteiger partial charge in [0.2, 0.25) is 0 Å². The first kappa shape index (κ1) is 17.3. The second-order valence-electron chi connectivity index (χ2n) is 9.04. The third-order valence-electron chi connectivity index (χ3n) is 6.01. The molecule has 0 amide bonds. The van der Waals surface area contributed by atoms with E-state index in [0.29, 0.717) is 11.2 Å². The average molecular weight is 294 g/mol. The highest BCUT2D eigenvalue weighted by molar-refractivity contribution is 6.47. The molecule has 0 bridgehead atoms. The molecule has 2 rings (SSSR count). The fourth-order valence-electron chi connectivity index (χ4n) is 3.64. The van der Waals surface area contributed by atoms with E-state index in [1.807, 2.05) is 0 Å². The van der Waals surface area contributed by atoms with Crippen molar-refractivity contribution in [3.8, 4) is 0 Å². The van der Waals surface area contributed by atoms with Gasteiger partial charge in [-0.05, 0) is 51.8 Å². The molecule has 0 aromatic heterocycles. The van der Waals surface area contributed by atoms with Crippen LogP contribution >= 0.6 is 0 Å². The van der Waals surface area contributed by atoms with E-state index in [9.17, 15) is 0 Å². The van der Waals surface area contributed by atoms with Crippen LogP contribution in [0, 0.1) is 5.41 Å². The van der Waals surface area contributed by atoms with Gasteiger partial charge in [0.05, 0.1) is 11.2 Å². The van der Waals surface area contributed by atoms with E-state index < -0.39 is 0 Å². The van der Waals surface area contributed by atoms with Crippen molar-refractivity contribution in [3.05, 3.63) is 0 Å². The Kier molecular flexibility index (Phi) is 5.15. The molecule has 1 aliphatic carbocycles. The summed E-state index contributed by atoms with van der Waals surface area (Å²) in [6.07, 6.45) is 10.6. The van der Waals surface area contributed by atoms with Crippen LogP contribution in [0.3, 0.4) is 0 Å². The molecular weight excluding hydrogens is 259 g/mol. The van der Waals surface area contributed by atoms with Gasteiger partial charge in [-0.1, -0.05) is 52.4 Å². The van der Waals surface area contributed by atoms with Crippen molar-refractivity contribution in [2.75, 3.05) is 0 Å². The van der Waals surface area contributed by atoms with Crippen molar-refractivity contribution in [3.63, 3.8) is 0 Å². The van der Waals surface area contributed by atoms with E-state index >= 15 is 0 Å². The second-order valence-corrected chi connectivity index (χ2v) is 9.04. The Balaban J connectivity index is 1.95. The molecule has 0 atom stereocenters. The molecule has 0 radical (unpaired) electrons. The maximum atomic E-state index is 6.29. The smallest absolute Gasteiger partial charge is 0.403 e. The van der Waals surface area contributed by atoms with E-state index in [-0.39, 0.29) is 18.3 Å². The molecule has 1 saturated carbocycles. The van der Waals surface area contributed by atoms with Crippen LogP contribution in [0.1, 0.15) is 92.9 Å². The first-order valence-corrected chi connectivity index (χ1v) is 8.99. The van der Waals surface area contributed by atoms with E-state index in [1.54, 1.807) is 0 Å². The Labute approximate surface area is 132 Å². The average Bonchev–Trinajstić information content (AvgIpc) is 2.56. The Morgan fingerprint density at radius 1 is 0.714 bits per heavy atom. The van der Waals surface area contributed by atoms with Crippen molar-refractivity contribution in [1.82, 2.24) is 0 Å². The van der Waals surface area contributed by atoms with Crippen molar-refractivity contribution >= 4 is 7.12 Å². The lowest BCUT2D eigenvalue weighted by Gasteiger charge is -2.32. The first-order chi connectivity index (χ1) is 9.63. The molecule has 1 saturated heterocycles. The largest absolute Gasteiger partial charge is 0.461 e. The van der Waals surface area contributed by atoms with Gasteiger partial charge in [-0.25, -0.2) is 0 Å². The van der Waals surface area contributed by atoms with Gasteiger partial charge in [0.1, 0.15) is 0 Å². The minimum Gasteiger partial charge on any atom is -0.403 e. The van der Waals surface area contributed by atoms with E-state index in [2.05, 4.69) is 41.5 Å². The zero-order chi connectivity index (χ0) is 15.7. The molecule has 1 heterocycles. The molecular formula is C18H35BO2. The van der Waals surface area contributed by atoms with Crippen LogP contribution in [0.25, 0.3) is 0 Å². The topological polar surface area (TPSA) is 18.5 Å². The molecule has 2 fully saturated rings. The summed E-state index contributed by atoms with van der Waals surface area (Å²) in [4.78, 5) is 0. The summed E-state index contributed by atoms with van der Waals surface area (Å²) in [6.45, 7) is 13.5. The Hall–Kier alpha value is -0.0151. The van der Waals surface area contributed by atoms with Gasteiger partial charge < -0.3 is 9.31 Å². The number of hydrogen-bond acceptors (Lipinski definition) is 2. The van der Waals surface area contributed by atoms with Gasteiger partial charge in [0.15, 0.2) is 0 Å². The third kappa shape index (κ3) is 4.25. The van der Waals surface area contributed by atoms with Gasteiger partial charge in [0, 0.05) is 0 Å². The van der Waals surface area contributed by atoms with Crippen LogP contribution in [-0.4, -0.2) is 18.3 Å². The van der Waals surface area contributed by atoms with E-state index in [0.717, 1.165) is 0 Å². The third-order valence-corrected chi connectivity index (χ3v) is 6.01. The molecule has 0 spiro atoms. The Morgan fingerprint density at radius 2 is 1.14 bits per heavy atom. The van der Waals surface area contributed by atoms with Gasteiger partial charge in [0.25, 0.3) is 0 Å². The Bertz CT molecular complexity index is 319. The van der Waals surface area contributed by atoms with E-state index in [1.165, 1.54) is 51.4 Å². The highest BCUT2D eigenvalue weighted by atomic mass is 16.7. The van der Waals surface area contributed by atoms with Gasteiger partial charge in [-0.15, -0.1) is 0 Å². The summed E-state index contributed by atoms with van der Waals surface area (Å²) in [5.74, 6) is 0.576. The van der Waals surface area contributed by atoms with Crippen LogP contribution in [-0.2, 0) is 9.31 Å². The summed E-state index contributed by atoms with van der Waals surface area (Å²) >= 11 is 0. The minimum absolute atomic E-state index is 0.00226. The molecule has 1 aliphatic heterocycles. The quantitative estimate of drug-likeness (QED) is 0.585. The molecule has 0 N–H and O–H groups in total. The summed E-state index contributed by atoms with van der Waals surface area (Å²) in [6, 6.07) is 0. The summed E-state index contributed by atoms with van der Waals surface area (Å²) < 4.78 is 12.6. The van der Waals surface area contributed by atoms with Crippen LogP contribution in [0.5, 0.6) is 0 Å². The molecule has 2 aliphatic rings. The summed E-state index contributed by atoms with van der Waals surface area (Å²) in [7, 11) is 0.00226. The summed E-state index contributed by atoms with van der Waals surface area (Å²) in [5, 5.41) is 0. The zero-order valence-corrected chi connectivity index (χ0v) is 15.1. The zero-order valence-electron chi connectivity index (χ0n) is 15.1. The monoisotopic (exact) mass is 294 g/mol. The van der Waals surface area contributed by atoms with E-state index in [4.69, 9.17) is 9.31 Å². The first-order valence-electron chi connectivity index (χ1n) is 8.99. The van der Waals surface area contributed by atoms with Crippen molar-refractivity contribution in [2.24, 2.45) is 5.41 Å². The van der Waals surface area contributed by atoms with Gasteiger partial charge in [-0.2, -0.15) is 0 Å². The van der Waals surface area contributed by atoms with Crippen molar-refractivity contribution in [1.29, 1.82) is 0 Å². The maximum Gasteiger partial charge on any atom is 0.461 e.